The Morgan fingerprint density at radius 1 is 1.28 bits per heavy atom. The maximum atomic E-state index is 12.7. The molecule has 104 valence electrons. The number of hydrogen-bond acceptors (Lipinski definition) is 2. The average molecular weight is 252 g/mol. The van der Waals surface area contributed by atoms with Gasteiger partial charge in [0.2, 0.25) is 5.91 Å². The molecule has 0 spiro atoms. The lowest BCUT2D eigenvalue weighted by Crippen LogP contribution is -2.48. The standard InChI is InChI=1S/C15H28N2O/c1-3-13-5-4-11-17(12-6-13)14(18)15(2)7-9-16-10-8-15/h13,16H,3-12H2,1-2H3. The highest BCUT2D eigenvalue weighted by Gasteiger charge is 2.37. The zero-order valence-electron chi connectivity index (χ0n) is 12.0. The molecule has 2 rings (SSSR count). The predicted molar refractivity (Wildman–Crippen MR) is 74.4 cm³/mol. The van der Waals surface area contributed by atoms with Gasteiger partial charge in [0, 0.05) is 18.5 Å². The molecule has 2 aliphatic rings. The molecule has 0 aromatic carbocycles. The van der Waals surface area contributed by atoms with E-state index in [1.165, 1.54) is 25.7 Å². The first-order valence-corrected chi connectivity index (χ1v) is 7.66. The minimum atomic E-state index is -0.0999. The van der Waals surface area contributed by atoms with Gasteiger partial charge >= 0.3 is 0 Å². The van der Waals surface area contributed by atoms with Crippen molar-refractivity contribution in [1.29, 1.82) is 0 Å². The monoisotopic (exact) mass is 252 g/mol. The average Bonchev–Trinajstić information content (AvgIpc) is 2.64. The van der Waals surface area contributed by atoms with Crippen molar-refractivity contribution in [2.75, 3.05) is 26.2 Å². The quantitative estimate of drug-likeness (QED) is 0.818. The second-order valence-electron chi connectivity index (χ2n) is 6.31. The van der Waals surface area contributed by atoms with Gasteiger partial charge in [-0.25, -0.2) is 0 Å². The summed E-state index contributed by atoms with van der Waals surface area (Å²) in [4.78, 5) is 14.9. The van der Waals surface area contributed by atoms with Crippen LogP contribution in [0.4, 0.5) is 0 Å². The number of nitrogens with one attached hydrogen (secondary N) is 1. The van der Waals surface area contributed by atoms with E-state index in [9.17, 15) is 4.79 Å². The number of rotatable bonds is 2. The van der Waals surface area contributed by atoms with Crippen LogP contribution in [0.1, 0.15) is 52.4 Å². The molecule has 2 fully saturated rings. The van der Waals surface area contributed by atoms with Gasteiger partial charge in [0.25, 0.3) is 0 Å². The molecule has 2 aliphatic heterocycles. The van der Waals surface area contributed by atoms with Crippen LogP contribution in [-0.4, -0.2) is 37.0 Å². The summed E-state index contributed by atoms with van der Waals surface area (Å²) in [5.41, 5.74) is -0.0999. The Balaban J connectivity index is 1.95. The van der Waals surface area contributed by atoms with Gasteiger partial charge < -0.3 is 10.2 Å². The highest BCUT2D eigenvalue weighted by Crippen LogP contribution is 2.32. The van der Waals surface area contributed by atoms with E-state index in [1.807, 2.05) is 0 Å². The van der Waals surface area contributed by atoms with E-state index >= 15 is 0 Å². The van der Waals surface area contributed by atoms with Crippen LogP contribution in [0.3, 0.4) is 0 Å². The number of amides is 1. The fourth-order valence-electron chi connectivity index (χ4n) is 3.35. The summed E-state index contributed by atoms with van der Waals surface area (Å²) in [6, 6.07) is 0. The molecule has 18 heavy (non-hydrogen) atoms. The van der Waals surface area contributed by atoms with Gasteiger partial charge in [-0.2, -0.15) is 0 Å². The molecule has 3 heteroatoms. The molecule has 2 heterocycles. The van der Waals surface area contributed by atoms with Gasteiger partial charge in [0.15, 0.2) is 0 Å². The highest BCUT2D eigenvalue weighted by molar-refractivity contribution is 5.82. The summed E-state index contributed by atoms with van der Waals surface area (Å²) in [5, 5.41) is 3.36. The Morgan fingerprint density at radius 2 is 2.00 bits per heavy atom. The third-order valence-corrected chi connectivity index (χ3v) is 4.94. The van der Waals surface area contributed by atoms with Crippen molar-refractivity contribution in [2.45, 2.75) is 52.4 Å². The Morgan fingerprint density at radius 3 is 2.67 bits per heavy atom. The first-order chi connectivity index (χ1) is 8.65. The lowest BCUT2D eigenvalue weighted by molar-refractivity contribution is -0.142. The van der Waals surface area contributed by atoms with Crippen molar-refractivity contribution in [2.24, 2.45) is 11.3 Å². The van der Waals surface area contributed by atoms with Crippen molar-refractivity contribution in [1.82, 2.24) is 10.2 Å². The molecule has 1 N–H and O–H groups in total. The highest BCUT2D eigenvalue weighted by atomic mass is 16.2. The zero-order valence-corrected chi connectivity index (χ0v) is 12.0. The van der Waals surface area contributed by atoms with Gasteiger partial charge in [-0.15, -0.1) is 0 Å². The van der Waals surface area contributed by atoms with Crippen molar-refractivity contribution in [3.05, 3.63) is 0 Å². The molecule has 0 aliphatic carbocycles. The number of nitrogens with zero attached hydrogens (tertiary/aromatic N) is 1. The van der Waals surface area contributed by atoms with Crippen LogP contribution in [0.5, 0.6) is 0 Å². The van der Waals surface area contributed by atoms with E-state index in [-0.39, 0.29) is 5.41 Å². The van der Waals surface area contributed by atoms with Crippen LogP contribution in [0.15, 0.2) is 0 Å². The van der Waals surface area contributed by atoms with Gasteiger partial charge in [-0.1, -0.05) is 20.3 Å². The molecule has 1 amide bonds. The summed E-state index contributed by atoms with van der Waals surface area (Å²) in [6.45, 7) is 8.40. The minimum absolute atomic E-state index is 0.0999. The largest absolute Gasteiger partial charge is 0.342 e. The molecule has 1 unspecified atom stereocenters. The summed E-state index contributed by atoms with van der Waals surface area (Å²) in [5.74, 6) is 1.25. The molecule has 0 saturated carbocycles. The number of piperidine rings is 1. The molecule has 1 atom stereocenters. The second-order valence-corrected chi connectivity index (χ2v) is 6.31. The van der Waals surface area contributed by atoms with Crippen LogP contribution in [0, 0.1) is 11.3 Å². The Bertz CT molecular complexity index is 284. The Hall–Kier alpha value is -0.570. The van der Waals surface area contributed by atoms with Gasteiger partial charge in [0.05, 0.1) is 0 Å². The third-order valence-electron chi connectivity index (χ3n) is 4.94. The summed E-state index contributed by atoms with van der Waals surface area (Å²) < 4.78 is 0. The fourth-order valence-corrected chi connectivity index (χ4v) is 3.35. The number of carbonyl (C=O) groups excluding carboxylic acids is 1. The Labute approximate surface area is 111 Å². The molecule has 2 saturated heterocycles. The SMILES string of the molecule is CCC1CCCN(C(=O)C2(C)CCNCC2)CC1. The van der Waals surface area contributed by atoms with E-state index in [0.29, 0.717) is 5.91 Å². The van der Waals surface area contributed by atoms with Crippen LogP contribution >= 0.6 is 0 Å². The molecular formula is C15H28N2O. The smallest absolute Gasteiger partial charge is 0.228 e. The van der Waals surface area contributed by atoms with Crippen molar-refractivity contribution in [3.8, 4) is 0 Å². The van der Waals surface area contributed by atoms with Crippen LogP contribution in [0.2, 0.25) is 0 Å². The van der Waals surface area contributed by atoms with Crippen molar-refractivity contribution in [3.63, 3.8) is 0 Å². The number of hydrogen-bond donors (Lipinski definition) is 1. The van der Waals surface area contributed by atoms with Gasteiger partial charge in [-0.3, -0.25) is 4.79 Å². The lowest BCUT2D eigenvalue weighted by atomic mass is 9.79. The zero-order chi connectivity index (χ0) is 13.0. The fraction of sp³-hybridized carbons (Fsp3) is 0.933. The number of carbonyl (C=O) groups is 1. The van der Waals surface area contributed by atoms with Crippen molar-refractivity contribution >= 4 is 5.91 Å². The molecule has 0 radical (unpaired) electrons. The third kappa shape index (κ3) is 3.05. The molecule has 0 bridgehead atoms. The molecular weight excluding hydrogens is 224 g/mol. The van der Waals surface area contributed by atoms with Gasteiger partial charge in [-0.05, 0) is 51.1 Å². The normalized spacial score (nSPS) is 28.8. The van der Waals surface area contributed by atoms with Crippen LogP contribution in [0.25, 0.3) is 0 Å². The van der Waals surface area contributed by atoms with E-state index in [1.54, 1.807) is 0 Å². The maximum absolute atomic E-state index is 12.7. The minimum Gasteiger partial charge on any atom is -0.342 e. The lowest BCUT2D eigenvalue weighted by Gasteiger charge is -2.37. The van der Waals surface area contributed by atoms with E-state index in [0.717, 1.165) is 44.9 Å². The van der Waals surface area contributed by atoms with E-state index in [4.69, 9.17) is 0 Å². The summed E-state index contributed by atoms with van der Waals surface area (Å²) in [7, 11) is 0. The second kappa shape index (κ2) is 6.05. The van der Waals surface area contributed by atoms with Gasteiger partial charge in [0.1, 0.15) is 0 Å². The summed E-state index contributed by atoms with van der Waals surface area (Å²) >= 11 is 0. The number of likely N-dealkylation sites (tertiary alicyclic amines) is 1. The maximum Gasteiger partial charge on any atom is 0.228 e. The van der Waals surface area contributed by atoms with E-state index in [2.05, 4.69) is 24.1 Å². The predicted octanol–water partition coefficient (Wildman–Crippen LogP) is 2.41. The topological polar surface area (TPSA) is 32.3 Å². The summed E-state index contributed by atoms with van der Waals surface area (Å²) in [6.07, 6.45) is 6.97. The van der Waals surface area contributed by atoms with Crippen molar-refractivity contribution < 1.29 is 4.79 Å². The molecule has 0 aromatic rings. The van der Waals surface area contributed by atoms with Crippen LogP contribution in [-0.2, 0) is 4.79 Å². The molecule has 0 aromatic heterocycles. The van der Waals surface area contributed by atoms with Crippen LogP contribution < -0.4 is 5.32 Å². The Kier molecular flexibility index (Phi) is 4.66. The van der Waals surface area contributed by atoms with E-state index < -0.39 is 0 Å². The first-order valence-electron chi connectivity index (χ1n) is 7.66. The first kappa shape index (κ1) is 13.9. The molecule has 3 nitrogen and oxygen atoms in total.